The first-order valence-electron chi connectivity index (χ1n) is 6.72. The molecule has 8 heteroatoms. The summed E-state index contributed by atoms with van der Waals surface area (Å²) in [5.41, 5.74) is -0.230. The lowest BCUT2D eigenvalue weighted by Crippen LogP contribution is -2.28. The van der Waals surface area contributed by atoms with E-state index in [1.54, 1.807) is 15.9 Å². The van der Waals surface area contributed by atoms with Crippen LogP contribution >= 0.6 is 23.1 Å². The van der Waals surface area contributed by atoms with Gasteiger partial charge >= 0.3 is 5.69 Å². The van der Waals surface area contributed by atoms with E-state index in [2.05, 4.69) is 15.5 Å². The first-order chi connectivity index (χ1) is 10.1. The van der Waals surface area contributed by atoms with Gasteiger partial charge in [0, 0.05) is 11.4 Å². The molecular weight excluding hydrogens is 308 g/mol. The van der Waals surface area contributed by atoms with Gasteiger partial charge in [-0.15, -0.1) is 16.4 Å². The van der Waals surface area contributed by atoms with Crippen molar-refractivity contribution in [3.05, 3.63) is 32.9 Å². The van der Waals surface area contributed by atoms with Gasteiger partial charge in [0.1, 0.15) is 0 Å². The number of thiophene rings is 1. The van der Waals surface area contributed by atoms with Crippen molar-refractivity contribution >= 4 is 29.0 Å². The number of nitrogens with zero attached hydrogens (tertiary/aromatic N) is 2. The quantitative estimate of drug-likeness (QED) is 0.763. The van der Waals surface area contributed by atoms with E-state index in [0.717, 1.165) is 11.3 Å². The van der Waals surface area contributed by atoms with E-state index in [4.69, 9.17) is 0 Å². The summed E-state index contributed by atoms with van der Waals surface area (Å²) < 4.78 is 1.56. The third-order valence-corrected chi connectivity index (χ3v) is 4.88. The van der Waals surface area contributed by atoms with Gasteiger partial charge in [0.2, 0.25) is 5.91 Å². The molecule has 2 heterocycles. The highest BCUT2D eigenvalue weighted by molar-refractivity contribution is 7.99. The Bertz CT molecular complexity index is 633. The summed E-state index contributed by atoms with van der Waals surface area (Å²) in [6.07, 6.45) is 0.842. The Balaban J connectivity index is 1.88. The lowest BCUT2D eigenvalue weighted by molar-refractivity contribution is -0.119. The highest BCUT2D eigenvalue weighted by Crippen LogP contribution is 2.19. The largest absolute Gasteiger partial charge is 0.348 e. The number of aromatic nitrogens is 3. The van der Waals surface area contributed by atoms with Gasteiger partial charge in [-0.05, 0) is 24.8 Å². The monoisotopic (exact) mass is 326 g/mol. The van der Waals surface area contributed by atoms with Crippen LogP contribution in [-0.4, -0.2) is 26.4 Å². The van der Waals surface area contributed by atoms with Crippen molar-refractivity contribution in [3.63, 3.8) is 0 Å². The molecule has 1 atom stereocenters. The third kappa shape index (κ3) is 4.21. The molecule has 0 aromatic carbocycles. The second-order valence-electron chi connectivity index (χ2n) is 4.56. The van der Waals surface area contributed by atoms with Gasteiger partial charge in [-0.25, -0.2) is 9.89 Å². The van der Waals surface area contributed by atoms with E-state index < -0.39 is 0 Å². The second kappa shape index (κ2) is 7.46. The van der Waals surface area contributed by atoms with Gasteiger partial charge in [0.05, 0.1) is 11.8 Å². The predicted octanol–water partition coefficient (Wildman–Crippen LogP) is 2.01. The maximum absolute atomic E-state index is 11.9. The Labute approximate surface area is 131 Å². The average molecular weight is 326 g/mol. The molecule has 0 fully saturated rings. The highest BCUT2D eigenvalue weighted by Gasteiger charge is 2.13. The summed E-state index contributed by atoms with van der Waals surface area (Å²) in [4.78, 5) is 24.6. The van der Waals surface area contributed by atoms with E-state index >= 15 is 0 Å². The van der Waals surface area contributed by atoms with E-state index in [1.165, 1.54) is 11.8 Å². The molecule has 0 aliphatic heterocycles. The highest BCUT2D eigenvalue weighted by atomic mass is 32.2. The molecule has 0 saturated carbocycles. The normalized spacial score (nSPS) is 12.3. The Morgan fingerprint density at radius 3 is 3.10 bits per heavy atom. The fourth-order valence-electron chi connectivity index (χ4n) is 1.86. The molecule has 1 amide bonds. The van der Waals surface area contributed by atoms with E-state index in [-0.39, 0.29) is 23.4 Å². The molecule has 0 aliphatic rings. The van der Waals surface area contributed by atoms with Gasteiger partial charge in [0.15, 0.2) is 5.16 Å². The number of amides is 1. The first kappa shape index (κ1) is 15.8. The zero-order chi connectivity index (χ0) is 15.2. The summed E-state index contributed by atoms with van der Waals surface area (Å²) in [5, 5.41) is 11.8. The third-order valence-electron chi connectivity index (χ3n) is 2.85. The minimum Gasteiger partial charge on any atom is -0.348 e. The number of hydrogen-bond donors (Lipinski definition) is 2. The molecule has 0 radical (unpaired) electrons. The SMILES string of the molecule is CCCn1c(SCC(=O)N[C@H](C)c2cccs2)n[nH]c1=O. The van der Waals surface area contributed by atoms with Crippen LogP contribution in [0.25, 0.3) is 0 Å². The van der Waals surface area contributed by atoms with Gasteiger partial charge < -0.3 is 5.32 Å². The van der Waals surface area contributed by atoms with Gasteiger partial charge in [0.25, 0.3) is 0 Å². The number of rotatable bonds is 7. The number of aromatic amines is 1. The number of hydrogen-bond acceptors (Lipinski definition) is 5. The number of H-pyrrole nitrogens is 1. The summed E-state index contributed by atoms with van der Waals surface area (Å²) in [5.74, 6) is 0.170. The van der Waals surface area contributed by atoms with Gasteiger partial charge in [-0.3, -0.25) is 9.36 Å². The van der Waals surface area contributed by atoms with Crippen LogP contribution in [-0.2, 0) is 11.3 Å². The number of carbonyl (C=O) groups excluding carboxylic acids is 1. The van der Waals surface area contributed by atoms with E-state index in [1.807, 2.05) is 31.4 Å². The molecule has 2 rings (SSSR count). The Morgan fingerprint density at radius 1 is 1.62 bits per heavy atom. The van der Waals surface area contributed by atoms with Crippen LogP contribution in [0.3, 0.4) is 0 Å². The minimum absolute atomic E-state index is 0.00452. The molecule has 0 bridgehead atoms. The standard InChI is InChI=1S/C13H18N4O2S2/c1-3-6-17-12(19)15-16-13(17)21-8-11(18)14-9(2)10-5-4-7-20-10/h4-5,7,9H,3,6,8H2,1-2H3,(H,14,18)(H,15,19)/t9-/m1/s1. The zero-order valence-electron chi connectivity index (χ0n) is 12.0. The molecule has 114 valence electrons. The van der Waals surface area contributed by atoms with Crippen molar-refractivity contribution in [1.29, 1.82) is 0 Å². The number of nitrogens with one attached hydrogen (secondary N) is 2. The van der Waals surface area contributed by atoms with Crippen LogP contribution in [0.1, 0.15) is 31.2 Å². The Kier molecular flexibility index (Phi) is 5.63. The maximum Gasteiger partial charge on any atom is 0.343 e. The molecule has 0 aliphatic carbocycles. The van der Waals surface area contributed by atoms with Crippen LogP contribution in [0.15, 0.2) is 27.5 Å². The Morgan fingerprint density at radius 2 is 2.43 bits per heavy atom. The summed E-state index contributed by atoms with van der Waals surface area (Å²) >= 11 is 2.88. The van der Waals surface area contributed by atoms with E-state index in [9.17, 15) is 9.59 Å². The van der Waals surface area contributed by atoms with Gasteiger partial charge in [-0.2, -0.15) is 0 Å². The molecule has 21 heavy (non-hydrogen) atoms. The summed E-state index contributed by atoms with van der Waals surface area (Å²) in [6.45, 7) is 4.55. The van der Waals surface area contributed by atoms with Crippen LogP contribution in [0, 0.1) is 0 Å². The lowest BCUT2D eigenvalue weighted by atomic mass is 10.3. The zero-order valence-corrected chi connectivity index (χ0v) is 13.6. The van der Waals surface area contributed by atoms with Crippen LogP contribution in [0.5, 0.6) is 0 Å². The molecule has 0 unspecified atom stereocenters. The van der Waals surface area contributed by atoms with Crippen molar-refractivity contribution in [2.75, 3.05) is 5.75 Å². The number of thioether (sulfide) groups is 1. The van der Waals surface area contributed by atoms with Crippen LogP contribution < -0.4 is 11.0 Å². The van der Waals surface area contributed by atoms with Crippen LogP contribution in [0.4, 0.5) is 0 Å². The fraction of sp³-hybridized carbons (Fsp3) is 0.462. The molecule has 0 spiro atoms. The van der Waals surface area contributed by atoms with Crippen molar-refractivity contribution in [3.8, 4) is 0 Å². The molecule has 2 aromatic heterocycles. The molecular formula is C13H18N4O2S2. The van der Waals surface area contributed by atoms with Crippen molar-refractivity contribution in [1.82, 2.24) is 20.1 Å². The fourth-order valence-corrected chi connectivity index (χ4v) is 3.37. The van der Waals surface area contributed by atoms with Crippen molar-refractivity contribution in [2.24, 2.45) is 0 Å². The van der Waals surface area contributed by atoms with Crippen LogP contribution in [0.2, 0.25) is 0 Å². The summed E-state index contributed by atoms with van der Waals surface area (Å²) in [6, 6.07) is 3.95. The van der Waals surface area contributed by atoms with Crippen molar-refractivity contribution in [2.45, 2.75) is 38.0 Å². The molecule has 2 N–H and O–H groups in total. The summed E-state index contributed by atoms with van der Waals surface area (Å²) in [7, 11) is 0. The lowest BCUT2D eigenvalue weighted by Gasteiger charge is -2.11. The van der Waals surface area contributed by atoms with Gasteiger partial charge in [-0.1, -0.05) is 24.8 Å². The molecule has 2 aromatic rings. The first-order valence-corrected chi connectivity index (χ1v) is 8.59. The Hall–Kier alpha value is -1.54. The maximum atomic E-state index is 11.9. The van der Waals surface area contributed by atoms with E-state index in [0.29, 0.717) is 11.7 Å². The predicted molar refractivity (Wildman–Crippen MR) is 84.7 cm³/mol. The average Bonchev–Trinajstić information content (AvgIpc) is 3.09. The minimum atomic E-state index is -0.230. The topological polar surface area (TPSA) is 79.8 Å². The van der Waals surface area contributed by atoms with Crippen molar-refractivity contribution < 1.29 is 4.79 Å². The molecule has 6 nitrogen and oxygen atoms in total. The molecule has 0 saturated heterocycles. The number of carbonyl (C=O) groups is 1. The smallest absolute Gasteiger partial charge is 0.343 e. The second-order valence-corrected chi connectivity index (χ2v) is 6.48.